The quantitative estimate of drug-likeness (QED) is 0.377. The van der Waals surface area contributed by atoms with Crippen LogP contribution >= 0.6 is 11.6 Å². The number of fused-ring (bicyclic) bond motifs is 1. The summed E-state index contributed by atoms with van der Waals surface area (Å²) in [5.41, 5.74) is 10.6. The highest BCUT2D eigenvalue weighted by Crippen LogP contribution is 2.43. The molecule has 0 bridgehead atoms. The smallest absolute Gasteiger partial charge is 0.267 e. The summed E-state index contributed by atoms with van der Waals surface area (Å²) in [6.45, 7) is 0. The zero-order valence-corrected chi connectivity index (χ0v) is 18.6. The third kappa shape index (κ3) is 3.95. The third-order valence-electron chi connectivity index (χ3n) is 5.63. The van der Waals surface area contributed by atoms with Crippen molar-refractivity contribution in [1.29, 1.82) is 5.26 Å². The number of halogens is 3. The van der Waals surface area contributed by atoms with Crippen molar-refractivity contribution in [2.24, 2.45) is 5.92 Å². The first-order valence-corrected chi connectivity index (χ1v) is 10.8. The highest BCUT2D eigenvalue weighted by atomic mass is 35.5. The molecule has 1 aliphatic carbocycles. The Kier molecular flexibility index (Phi) is 5.41. The summed E-state index contributed by atoms with van der Waals surface area (Å²) < 4.78 is 30.0. The molecule has 0 saturated heterocycles. The molecule has 0 radical (unpaired) electrons. The van der Waals surface area contributed by atoms with Gasteiger partial charge in [0.05, 0.1) is 34.5 Å². The van der Waals surface area contributed by atoms with Crippen LogP contribution in [0.5, 0.6) is 0 Å². The van der Waals surface area contributed by atoms with Gasteiger partial charge in [-0.2, -0.15) is 15.2 Å². The normalized spacial score (nSPS) is 14.0. The molecule has 5 rings (SSSR count). The third-order valence-corrected chi connectivity index (χ3v) is 5.94. The van der Waals surface area contributed by atoms with Crippen LogP contribution in [0.25, 0.3) is 16.6 Å². The van der Waals surface area contributed by atoms with Gasteiger partial charge in [-0.3, -0.25) is 14.3 Å². The lowest BCUT2D eigenvalue weighted by Crippen LogP contribution is -2.30. The summed E-state index contributed by atoms with van der Waals surface area (Å²) in [5, 5.41) is 12.5. The first-order valence-electron chi connectivity index (χ1n) is 10.4. The van der Waals surface area contributed by atoms with E-state index in [1.807, 2.05) is 6.07 Å². The molecule has 0 unspecified atom stereocenters. The van der Waals surface area contributed by atoms with E-state index in [-0.39, 0.29) is 56.5 Å². The number of pyridine rings is 1. The Morgan fingerprint density at radius 2 is 1.97 bits per heavy atom. The number of nitrogens with one attached hydrogen (secondary N) is 1. The van der Waals surface area contributed by atoms with E-state index >= 15 is 0 Å². The number of anilines is 3. The summed E-state index contributed by atoms with van der Waals surface area (Å²) >= 11 is 6.23. The fourth-order valence-electron chi connectivity index (χ4n) is 3.90. The fourth-order valence-corrected chi connectivity index (χ4v) is 4.13. The lowest BCUT2D eigenvalue weighted by molar-refractivity contribution is 0.594. The van der Waals surface area contributed by atoms with Crippen LogP contribution < -0.4 is 22.3 Å². The summed E-state index contributed by atoms with van der Waals surface area (Å²) in [5.74, 6) is -1.74. The minimum atomic E-state index is -0.755. The summed E-state index contributed by atoms with van der Waals surface area (Å²) in [6, 6.07) is 4.62. The van der Waals surface area contributed by atoms with E-state index in [2.05, 4.69) is 25.3 Å². The van der Waals surface area contributed by atoms with Crippen molar-refractivity contribution in [2.75, 3.05) is 16.8 Å². The Hall–Kier alpha value is -4.37. The number of nitrogens with zero attached hydrogens (tertiary/aromatic N) is 6. The molecule has 176 valence electrons. The second-order valence-electron chi connectivity index (χ2n) is 7.99. The molecule has 10 nitrogen and oxygen atoms in total. The van der Waals surface area contributed by atoms with Crippen LogP contribution in [0.2, 0.25) is 5.02 Å². The zero-order valence-electron chi connectivity index (χ0n) is 17.8. The van der Waals surface area contributed by atoms with Gasteiger partial charge in [0.25, 0.3) is 5.56 Å². The maximum Gasteiger partial charge on any atom is 0.267 e. The molecule has 4 aromatic rings. The minimum absolute atomic E-state index is 0.0115. The van der Waals surface area contributed by atoms with Crippen molar-refractivity contribution in [1.82, 2.24) is 24.5 Å². The predicted octanol–water partition coefficient (Wildman–Crippen LogP) is 3.10. The Morgan fingerprint density at radius 1 is 1.20 bits per heavy atom. The van der Waals surface area contributed by atoms with Gasteiger partial charge in [0, 0.05) is 6.07 Å². The summed E-state index contributed by atoms with van der Waals surface area (Å²) in [7, 11) is 0. The zero-order chi connectivity index (χ0) is 24.9. The second kappa shape index (κ2) is 8.44. The highest BCUT2D eigenvalue weighted by Gasteiger charge is 2.37. The number of hydrogen-bond acceptors (Lipinski definition) is 9. The van der Waals surface area contributed by atoms with Crippen molar-refractivity contribution in [3.63, 3.8) is 0 Å². The number of nitrogens with two attached hydrogens (primary N) is 2. The van der Waals surface area contributed by atoms with E-state index in [1.54, 1.807) is 0 Å². The number of nitriles is 1. The van der Waals surface area contributed by atoms with Crippen molar-refractivity contribution < 1.29 is 8.78 Å². The molecule has 13 heteroatoms. The Bertz CT molecular complexity index is 1600. The Balaban J connectivity index is 1.80. The summed E-state index contributed by atoms with van der Waals surface area (Å²) in [6.07, 6.45) is 3.74. The maximum atomic E-state index is 14.8. The van der Waals surface area contributed by atoms with Crippen molar-refractivity contribution in [3.8, 4) is 11.8 Å². The average Bonchev–Trinajstić information content (AvgIpc) is 3.64. The van der Waals surface area contributed by atoms with Crippen LogP contribution in [0.15, 0.2) is 35.4 Å². The van der Waals surface area contributed by atoms with E-state index in [0.29, 0.717) is 0 Å². The molecule has 35 heavy (non-hydrogen) atoms. The van der Waals surface area contributed by atoms with Crippen molar-refractivity contribution in [2.45, 2.75) is 18.9 Å². The van der Waals surface area contributed by atoms with Crippen LogP contribution in [-0.4, -0.2) is 24.5 Å². The van der Waals surface area contributed by atoms with Crippen LogP contribution in [-0.2, 0) is 0 Å². The topological polar surface area (TPSA) is 161 Å². The van der Waals surface area contributed by atoms with Gasteiger partial charge >= 0.3 is 0 Å². The molecule has 5 N–H and O–H groups in total. The Morgan fingerprint density at radius 3 is 2.66 bits per heavy atom. The average molecular weight is 496 g/mol. The first kappa shape index (κ1) is 22.4. The number of hydrogen-bond donors (Lipinski definition) is 3. The molecular formula is C22H16ClF2N9O. The molecule has 0 amide bonds. The van der Waals surface area contributed by atoms with Gasteiger partial charge < -0.3 is 16.8 Å². The van der Waals surface area contributed by atoms with Gasteiger partial charge in [-0.05, 0) is 30.9 Å². The molecule has 3 aromatic heterocycles. The fraction of sp³-hybridized carbons (Fsp3) is 0.182. The predicted molar refractivity (Wildman–Crippen MR) is 125 cm³/mol. The molecule has 1 aromatic carbocycles. The molecular weight excluding hydrogens is 480 g/mol. The van der Waals surface area contributed by atoms with E-state index in [4.69, 9.17) is 23.1 Å². The van der Waals surface area contributed by atoms with Crippen LogP contribution in [0.1, 0.15) is 30.3 Å². The Labute approximate surface area is 201 Å². The van der Waals surface area contributed by atoms with Crippen LogP contribution in [0, 0.1) is 28.9 Å². The standard InChI is InChI=1S/C22H16ClF2N9O/c23-13-3-4-14(25)17-15(13)21(35)34(11-5-10(24)7-29-8-11)20(31-17)16(9-1-2-9)30-19-12(6-26)18(27)32-22(28)33-19/h3-5,7-9,16H,1-2H2,(H5,27,28,30,32,33)/t16-/m0/s1. The lowest BCUT2D eigenvalue weighted by atomic mass is 10.1. The van der Waals surface area contributed by atoms with E-state index in [0.717, 1.165) is 35.7 Å². The molecule has 1 saturated carbocycles. The maximum absolute atomic E-state index is 14.8. The monoisotopic (exact) mass is 495 g/mol. The van der Waals surface area contributed by atoms with E-state index in [1.165, 1.54) is 12.3 Å². The van der Waals surface area contributed by atoms with Crippen molar-refractivity contribution in [3.05, 3.63) is 69.0 Å². The SMILES string of the molecule is N#Cc1c(N)nc(N)nc1N[C@H](c1nc2c(F)ccc(Cl)c2c(=O)n1-c1cncc(F)c1)C1CC1. The lowest BCUT2D eigenvalue weighted by Gasteiger charge is -2.23. The van der Waals surface area contributed by atoms with E-state index < -0.39 is 23.2 Å². The van der Waals surface area contributed by atoms with Crippen molar-refractivity contribution >= 4 is 40.1 Å². The van der Waals surface area contributed by atoms with Crippen LogP contribution in [0.3, 0.4) is 0 Å². The van der Waals surface area contributed by atoms with Gasteiger partial charge in [-0.1, -0.05) is 11.6 Å². The largest absolute Gasteiger partial charge is 0.382 e. The number of rotatable bonds is 5. The molecule has 0 aliphatic heterocycles. The number of aromatic nitrogens is 5. The molecule has 3 heterocycles. The molecule has 1 fully saturated rings. The first-order chi connectivity index (χ1) is 16.8. The van der Waals surface area contributed by atoms with E-state index in [9.17, 15) is 18.8 Å². The second-order valence-corrected chi connectivity index (χ2v) is 8.39. The minimum Gasteiger partial charge on any atom is -0.382 e. The van der Waals surface area contributed by atoms with Crippen LogP contribution in [0.4, 0.5) is 26.4 Å². The highest BCUT2D eigenvalue weighted by molar-refractivity contribution is 6.35. The van der Waals surface area contributed by atoms with Gasteiger partial charge in [0.1, 0.15) is 40.4 Å². The summed E-state index contributed by atoms with van der Waals surface area (Å²) in [4.78, 5) is 29.8. The number of nitrogen functional groups attached to an aromatic ring is 2. The molecule has 0 spiro atoms. The van der Waals surface area contributed by atoms with Gasteiger partial charge in [-0.25, -0.2) is 13.8 Å². The van der Waals surface area contributed by atoms with Gasteiger partial charge in [-0.15, -0.1) is 0 Å². The van der Waals surface area contributed by atoms with Gasteiger partial charge in [0.2, 0.25) is 5.95 Å². The molecule has 1 aliphatic rings. The van der Waals surface area contributed by atoms with Gasteiger partial charge in [0.15, 0.2) is 5.82 Å². The number of benzene rings is 1. The molecule has 1 atom stereocenters.